The summed E-state index contributed by atoms with van der Waals surface area (Å²) in [6.45, 7) is 0. The van der Waals surface area contributed by atoms with Crippen LogP contribution in [-0.4, -0.2) is 14.7 Å². The molecule has 0 heterocycles. The van der Waals surface area contributed by atoms with Crippen molar-refractivity contribution in [1.82, 2.24) is 0 Å². The highest BCUT2D eigenvalue weighted by Crippen LogP contribution is 2.16. The van der Waals surface area contributed by atoms with Gasteiger partial charge in [-0.25, -0.2) is 12.8 Å². The van der Waals surface area contributed by atoms with Gasteiger partial charge < -0.3 is 0 Å². The van der Waals surface area contributed by atoms with Crippen molar-refractivity contribution in [2.24, 2.45) is 0 Å². The largest absolute Gasteiger partial charge is 0.281 e. The summed E-state index contributed by atoms with van der Waals surface area (Å²) < 4.78 is 36.8. The van der Waals surface area contributed by atoms with Crippen LogP contribution in [0.1, 0.15) is 5.56 Å². The molecular formula is C9H8FNO2S. The van der Waals surface area contributed by atoms with E-state index in [0.717, 1.165) is 12.3 Å². The van der Waals surface area contributed by atoms with Gasteiger partial charge in [0.2, 0.25) is 10.0 Å². The molecule has 1 aromatic rings. The fraction of sp³-hybridized carbons (Fsp3) is 0.111. The third-order valence-electron chi connectivity index (χ3n) is 1.43. The molecule has 74 valence electrons. The van der Waals surface area contributed by atoms with Gasteiger partial charge in [0.25, 0.3) is 0 Å². The summed E-state index contributed by atoms with van der Waals surface area (Å²) in [5.41, 5.74) is 0.257. The number of anilines is 1. The second-order valence-corrected chi connectivity index (χ2v) is 4.46. The quantitative estimate of drug-likeness (QED) is 0.750. The minimum Gasteiger partial charge on any atom is -0.281 e. The van der Waals surface area contributed by atoms with Crippen molar-refractivity contribution in [3.63, 3.8) is 0 Å². The number of halogens is 1. The molecule has 0 fully saturated rings. The molecule has 1 N–H and O–H groups in total. The number of rotatable bonds is 2. The molecule has 0 aliphatic rings. The van der Waals surface area contributed by atoms with Crippen molar-refractivity contribution in [3.8, 4) is 12.3 Å². The van der Waals surface area contributed by atoms with Crippen LogP contribution in [0.15, 0.2) is 18.2 Å². The first kappa shape index (κ1) is 10.5. The molecule has 0 aliphatic carbocycles. The molecule has 1 aromatic carbocycles. The molecule has 0 saturated heterocycles. The normalized spacial score (nSPS) is 10.6. The van der Waals surface area contributed by atoms with E-state index in [1.54, 1.807) is 0 Å². The summed E-state index contributed by atoms with van der Waals surface area (Å²) in [6, 6.07) is 3.83. The van der Waals surface area contributed by atoms with Crippen LogP contribution in [0.25, 0.3) is 0 Å². The molecule has 0 amide bonds. The molecule has 0 bridgehead atoms. The summed E-state index contributed by atoms with van der Waals surface area (Å²) in [6.07, 6.45) is 5.99. The predicted octanol–water partition coefficient (Wildman–Crippen LogP) is 1.18. The van der Waals surface area contributed by atoms with Crippen LogP contribution in [0.3, 0.4) is 0 Å². The van der Waals surface area contributed by atoms with Crippen molar-refractivity contribution in [3.05, 3.63) is 29.6 Å². The molecular weight excluding hydrogens is 205 g/mol. The summed E-state index contributed by atoms with van der Waals surface area (Å²) >= 11 is 0. The van der Waals surface area contributed by atoms with Gasteiger partial charge in [0, 0.05) is 5.56 Å². The van der Waals surface area contributed by atoms with Gasteiger partial charge in [-0.3, -0.25) is 4.72 Å². The standard InChI is InChI=1S/C9H8FNO2S/c1-3-7-4-5-9(8(10)6-7)11-14(2,12)13/h1,4-6,11H,2H3. The Labute approximate surface area is 82.0 Å². The zero-order chi connectivity index (χ0) is 10.8. The summed E-state index contributed by atoms with van der Waals surface area (Å²) in [7, 11) is -3.46. The van der Waals surface area contributed by atoms with Crippen LogP contribution in [-0.2, 0) is 10.0 Å². The van der Waals surface area contributed by atoms with E-state index >= 15 is 0 Å². The minimum absolute atomic E-state index is 0.105. The molecule has 5 heteroatoms. The Balaban J connectivity index is 3.09. The maximum atomic E-state index is 13.1. The van der Waals surface area contributed by atoms with Crippen molar-refractivity contribution < 1.29 is 12.8 Å². The fourth-order valence-corrected chi connectivity index (χ4v) is 1.45. The monoisotopic (exact) mass is 213 g/mol. The number of hydrogen-bond donors (Lipinski definition) is 1. The first-order chi connectivity index (χ1) is 6.42. The van der Waals surface area contributed by atoms with Gasteiger partial charge in [-0.1, -0.05) is 5.92 Å². The van der Waals surface area contributed by atoms with E-state index in [4.69, 9.17) is 6.42 Å². The molecule has 0 atom stereocenters. The molecule has 3 nitrogen and oxygen atoms in total. The van der Waals surface area contributed by atoms with Crippen molar-refractivity contribution in [2.45, 2.75) is 0 Å². The summed E-state index contributed by atoms with van der Waals surface area (Å²) in [4.78, 5) is 0. The van der Waals surface area contributed by atoms with Crippen LogP contribution in [0.5, 0.6) is 0 Å². The highest BCUT2D eigenvalue weighted by Gasteiger charge is 2.07. The summed E-state index contributed by atoms with van der Waals surface area (Å²) in [5, 5.41) is 0. The van der Waals surface area contributed by atoms with Crippen LogP contribution < -0.4 is 4.72 Å². The Morgan fingerprint density at radius 2 is 2.14 bits per heavy atom. The van der Waals surface area contributed by atoms with Crippen molar-refractivity contribution in [2.75, 3.05) is 11.0 Å². The Hall–Kier alpha value is -1.54. The maximum absolute atomic E-state index is 13.1. The zero-order valence-electron chi connectivity index (χ0n) is 7.41. The molecule has 0 aliphatic heterocycles. The van der Waals surface area contributed by atoms with Gasteiger partial charge in [0.1, 0.15) is 5.82 Å². The summed E-state index contributed by atoms with van der Waals surface area (Å²) in [5.74, 6) is 1.55. The molecule has 14 heavy (non-hydrogen) atoms. The molecule has 0 aromatic heterocycles. The van der Waals surface area contributed by atoms with Gasteiger partial charge in [-0.05, 0) is 18.2 Å². The lowest BCUT2D eigenvalue weighted by Gasteiger charge is -2.04. The van der Waals surface area contributed by atoms with Crippen LogP contribution in [0, 0.1) is 18.2 Å². The topological polar surface area (TPSA) is 46.2 Å². The third-order valence-corrected chi connectivity index (χ3v) is 2.02. The van der Waals surface area contributed by atoms with E-state index in [9.17, 15) is 12.8 Å². The lowest BCUT2D eigenvalue weighted by molar-refractivity contribution is 0.603. The van der Waals surface area contributed by atoms with Gasteiger partial charge in [-0.2, -0.15) is 0 Å². The second kappa shape index (κ2) is 3.68. The fourth-order valence-electron chi connectivity index (χ4n) is 0.887. The average molecular weight is 213 g/mol. The van der Waals surface area contributed by atoms with E-state index < -0.39 is 15.8 Å². The average Bonchev–Trinajstić information content (AvgIpc) is 2.06. The number of sulfonamides is 1. The first-order valence-electron chi connectivity index (χ1n) is 3.66. The smallest absolute Gasteiger partial charge is 0.229 e. The Kier molecular flexibility index (Phi) is 2.77. The van der Waals surface area contributed by atoms with E-state index in [1.165, 1.54) is 12.1 Å². The lowest BCUT2D eigenvalue weighted by atomic mass is 10.2. The van der Waals surface area contributed by atoms with Gasteiger partial charge in [-0.15, -0.1) is 6.42 Å². The predicted molar refractivity (Wildman–Crippen MR) is 52.8 cm³/mol. The Bertz CT molecular complexity index is 488. The lowest BCUT2D eigenvalue weighted by Crippen LogP contribution is -2.10. The van der Waals surface area contributed by atoms with Gasteiger partial charge in [0.15, 0.2) is 0 Å². The van der Waals surface area contributed by atoms with E-state index in [0.29, 0.717) is 5.56 Å². The van der Waals surface area contributed by atoms with E-state index in [2.05, 4.69) is 5.92 Å². The number of nitrogens with one attached hydrogen (secondary N) is 1. The Morgan fingerprint density at radius 1 is 1.50 bits per heavy atom. The van der Waals surface area contributed by atoms with Crippen LogP contribution in [0.4, 0.5) is 10.1 Å². The van der Waals surface area contributed by atoms with Crippen molar-refractivity contribution in [1.29, 1.82) is 0 Å². The molecule has 0 radical (unpaired) electrons. The first-order valence-corrected chi connectivity index (χ1v) is 5.55. The minimum atomic E-state index is -3.46. The second-order valence-electron chi connectivity index (χ2n) is 2.71. The van der Waals surface area contributed by atoms with Crippen LogP contribution in [0.2, 0.25) is 0 Å². The molecule has 0 spiro atoms. The highest BCUT2D eigenvalue weighted by atomic mass is 32.2. The number of hydrogen-bond acceptors (Lipinski definition) is 2. The molecule has 0 saturated carbocycles. The van der Waals surface area contributed by atoms with E-state index in [1.807, 2.05) is 4.72 Å². The SMILES string of the molecule is C#Cc1ccc(NS(C)(=O)=O)c(F)c1. The number of benzene rings is 1. The zero-order valence-corrected chi connectivity index (χ0v) is 8.23. The van der Waals surface area contributed by atoms with E-state index in [-0.39, 0.29) is 5.69 Å². The maximum Gasteiger partial charge on any atom is 0.229 e. The van der Waals surface area contributed by atoms with Crippen LogP contribution >= 0.6 is 0 Å². The van der Waals surface area contributed by atoms with Gasteiger partial charge in [0.05, 0.1) is 11.9 Å². The number of terminal acetylenes is 1. The highest BCUT2D eigenvalue weighted by molar-refractivity contribution is 7.92. The molecule has 1 rings (SSSR count). The Morgan fingerprint density at radius 3 is 2.57 bits per heavy atom. The van der Waals surface area contributed by atoms with Gasteiger partial charge >= 0.3 is 0 Å². The molecule has 0 unspecified atom stereocenters. The third kappa shape index (κ3) is 2.75. The van der Waals surface area contributed by atoms with Crippen molar-refractivity contribution >= 4 is 15.7 Å².